The first-order valence-corrected chi connectivity index (χ1v) is 13.4. The number of hydrogen-bond acceptors (Lipinski definition) is 7. The van der Waals surface area contributed by atoms with Crippen LogP contribution in [-0.4, -0.2) is 97.0 Å². The summed E-state index contributed by atoms with van der Waals surface area (Å²) in [5.74, 6) is -7.36. The van der Waals surface area contributed by atoms with Gasteiger partial charge in [-0.25, -0.2) is 4.39 Å². The minimum absolute atomic E-state index is 0.0269. The first-order valence-electron chi connectivity index (χ1n) is 13.4. The van der Waals surface area contributed by atoms with E-state index in [1.165, 1.54) is 25.3 Å². The second-order valence-corrected chi connectivity index (χ2v) is 11.1. The van der Waals surface area contributed by atoms with Crippen LogP contribution in [0.4, 0.5) is 27.6 Å². The van der Waals surface area contributed by atoms with Crippen LogP contribution in [0, 0.1) is 17.6 Å². The van der Waals surface area contributed by atoms with Gasteiger partial charge in [-0.05, 0) is 32.2 Å². The van der Waals surface area contributed by atoms with Gasteiger partial charge < -0.3 is 24.4 Å². The molecule has 0 radical (unpaired) electrons. The maximum atomic E-state index is 14.6. The van der Waals surface area contributed by atoms with Gasteiger partial charge in [0, 0.05) is 42.4 Å². The van der Waals surface area contributed by atoms with Gasteiger partial charge in [0.15, 0.2) is 17.2 Å². The number of piperazine rings is 1. The van der Waals surface area contributed by atoms with E-state index in [0.29, 0.717) is 26.3 Å². The van der Waals surface area contributed by atoms with Gasteiger partial charge in [0.2, 0.25) is 5.82 Å². The zero-order valence-electron chi connectivity index (χ0n) is 23.4. The topological polar surface area (TPSA) is 93.2 Å². The molecule has 14 heteroatoms. The van der Waals surface area contributed by atoms with Gasteiger partial charge in [0.25, 0.3) is 11.8 Å². The number of methoxy groups -OCH3 is 1. The molecule has 3 fully saturated rings. The molecule has 1 N–H and O–H groups in total. The highest BCUT2D eigenvalue weighted by molar-refractivity contribution is 5.98. The monoisotopic (exact) mass is 598 g/mol. The lowest BCUT2D eigenvalue weighted by Crippen LogP contribution is -2.64. The molecular formula is C28H31F5N4O5. The van der Waals surface area contributed by atoms with Crippen LogP contribution in [-0.2, 0) is 14.3 Å². The third-order valence-corrected chi connectivity index (χ3v) is 8.74. The minimum atomic E-state index is -4.90. The van der Waals surface area contributed by atoms with Crippen molar-refractivity contribution >= 4 is 17.5 Å². The highest BCUT2D eigenvalue weighted by atomic mass is 19.4. The molecule has 6 atom stereocenters. The van der Waals surface area contributed by atoms with E-state index in [2.05, 4.69) is 15.2 Å². The Morgan fingerprint density at radius 1 is 1.14 bits per heavy atom. The van der Waals surface area contributed by atoms with Gasteiger partial charge in [-0.15, -0.1) is 0 Å². The van der Waals surface area contributed by atoms with E-state index in [-0.39, 0.29) is 34.9 Å². The maximum absolute atomic E-state index is 14.6. The Labute approximate surface area is 238 Å². The molecule has 42 heavy (non-hydrogen) atoms. The average molecular weight is 599 g/mol. The van der Waals surface area contributed by atoms with Gasteiger partial charge in [0.05, 0.1) is 32.4 Å². The predicted octanol–water partition coefficient (Wildman–Crippen LogP) is 3.60. The molecule has 2 bridgehead atoms. The molecule has 3 aliphatic rings. The van der Waals surface area contributed by atoms with Crippen molar-refractivity contribution in [2.24, 2.45) is 5.92 Å². The Kier molecular flexibility index (Phi) is 7.92. The number of likely N-dealkylation sites (N-methyl/N-ethyl adjacent to an activating group) is 1. The van der Waals surface area contributed by atoms with E-state index in [4.69, 9.17) is 14.2 Å². The van der Waals surface area contributed by atoms with Gasteiger partial charge in [-0.2, -0.15) is 17.6 Å². The molecule has 1 aromatic heterocycles. The van der Waals surface area contributed by atoms with E-state index in [0.717, 1.165) is 26.2 Å². The standard InChI is InChI=1S/C28H31F5N4O5/c1-14-21(18-5-6-19(29)22(30)23(18)40-4)24(42-27(14,2)28(31,32)33)25(38)35-15-7-8-34-20(9-15)26(39)37-10-16-12-41-13-17(11-37)36(16)3/h5-9,14,16-17,21,24H,10-13H2,1-4H3,(H,34,35,38)/t14-,16?,17?,21-,24+,27+/m0/s1. The fraction of sp³-hybridized carbons (Fsp3) is 0.536. The summed E-state index contributed by atoms with van der Waals surface area (Å²) in [6.07, 6.45) is -5.36. The molecule has 2 amide bonds. The number of alkyl halides is 3. The van der Waals surface area contributed by atoms with E-state index >= 15 is 0 Å². The number of benzene rings is 1. The smallest absolute Gasteiger partial charge is 0.417 e. The number of amides is 2. The summed E-state index contributed by atoms with van der Waals surface area (Å²) in [7, 11) is 3.03. The zero-order valence-corrected chi connectivity index (χ0v) is 23.4. The fourth-order valence-electron chi connectivity index (χ4n) is 6.03. The van der Waals surface area contributed by atoms with Crippen molar-refractivity contribution in [1.29, 1.82) is 0 Å². The van der Waals surface area contributed by atoms with Crippen molar-refractivity contribution in [2.75, 3.05) is 45.8 Å². The molecule has 3 aliphatic heterocycles. The summed E-state index contributed by atoms with van der Waals surface area (Å²) in [6, 6.07) is 4.62. The second kappa shape index (κ2) is 11.0. The van der Waals surface area contributed by atoms with Crippen molar-refractivity contribution in [2.45, 2.75) is 49.7 Å². The number of morpholine rings is 1. The van der Waals surface area contributed by atoms with Gasteiger partial charge in [0.1, 0.15) is 11.8 Å². The van der Waals surface area contributed by atoms with Crippen LogP contribution in [0.25, 0.3) is 0 Å². The predicted molar refractivity (Wildman–Crippen MR) is 139 cm³/mol. The maximum Gasteiger partial charge on any atom is 0.417 e. The van der Waals surface area contributed by atoms with Crippen molar-refractivity contribution in [1.82, 2.24) is 14.8 Å². The minimum Gasteiger partial charge on any atom is -0.493 e. The Morgan fingerprint density at radius 3 is 2.43 bits per heavy atom. The number of aromatic nitrogens is 1. The summed E-state index contributed by atoms with van der Waals surface area (Å²) >= 11 is 0. The molecule has 3 saturated heterocycles. The molecule has 9 nitrogen and oxygen atoms in total. The molecule has 0 saturated carbocycles. The van der Waals surface area contributed by atoms with Crippen LogP contribution in [0.15, 0.2) is 30.5 Å². The Balaban J connectivity index is 1.42. The first-order chi connectivity index (χ1) is 19.8. The van der Waals surface area contributed by atoms with Crippen LogP contribution in [0.5, 0.6) is 5.75 Å². The molecule has 2 unspecified atom stereocenters. The van der Waals surface area contributed by atoms with E-state index in [9.17, 15) is 31.5 Å². The van der Waals surface area contributed by atoms with Gasteiger partial charge in [-0.1, -0.05) is 13.0 Å². The number of anilines is 1. The number of nitrogens with zero attached hydrogens (tertiary/aromatic N) is 3. The summed E-state index contributed by atoms with van der Waals surface area (Å²) in [4.78, 5) is 34.8. The van der Waals surface area contributed by atoms with Crippen LogP contribution in [0.3, 0.4) is 0 Å². The quantitative estimate of drug-likeness (QED) is 0.526. The van der Waals surface area contributed by atoms with E-state index in [1.54, 1.807) is 4.90 Å². The Morgan fingerprint density at radius 2 is 1.81 bits per heavy atom. The van der Waals surface area contributed by atoms with Crippen LogP contribution in [0.2, 0.25) is 0 Å². The van der Waals surface area contributed by atoms with Crippen molar-refractivity contribution < 1.29 is 45.8 Å². The number of fused-ring (bicyclic) bond motifs is 2. The summed E-state index contributed by atoms with van der Waals surface area (Å²) in [6.45, 7) is 3.86. The SMILES string of the molecule is COc1c([C@H]2[C@H](C(=O)Nc3ccnc(C(=O)N4CC5COCC(C4)N5C)c3)O[C@@](C)(C(F)(F)F)[C@H]2C)ccc(F)c1F. The Bertz CT molecular complexity index is 1360. The number of nitrogens with one attached hydrogen (secondary N) is 1. The van der Waals surface area contributed by atoms with Crippen molar-refractivity contribution in [3.63, 3.8) is 0 Å². The van der Waals surface area contributed by atoms with E-state index in [1.807, 2.05) is 7.05 Å². The molecule has 0 spiro atoms. The largest absolute Gasteiger partial charge is 0.493 e. The summed E-state index contributed by atoms with van der Waals surface area (Å²) in [5, 5.41) is 2.52. The number of hydrogen-bond donors (Lipinski definition) is 1. The number of ether oxygens (including phenoxy) is 3. The molecule has 5 rings (SSSR count). The zero-order chi connectivity index (χ0) is 30.6. The number of halogens is 5. The molecular weight excluding hydrogens is 567 g/mol. The molecule has 0 aliphatic carbocycles. The number of pyridine rings is 1. The van der Waals surface area contributed by atoms with Gasteiger partial charge >= 0.3 is 6.18 Å². The second-order valence-electron chi connectivity index (χ2n) is 11.1. The van der Waals surface area contributed by atoms with Gasteiger partial charge in [-0.3, -0.25) is 19.5 Å². The van der Waals surface area contributed by atoms with Crippen LogP contribution < -0.4 is 10.1 Å². The number of carbonyl (C=O) groups is 2. The lowest BCUT2D eigenvalue weighted by Gasteiger charge is -2.47. The third-order valence-electron chi connectivity index (χ3n) is 8.74. The van der Waals surface area contributed by atoms with Crippen molar-refractivity contribution in [3.8, 4) is 5.75 Å². The molecule has 228 valence electrons. The third kappa shape index (κ3) is 5.09. The molecule has 4 heterocycles. The van der Waals surface area contributed by atoms with Crippen LogP contribution in [0.1, 0.15) is 35.8 Å². The first kappa shape index (κ1) is 30.1. The average Bonchev–Trinajstić information content (AvgIpc) is 3.21. The highest BCUT2D eigenvalue weighted by Crippen LogP contribution is 2.55. The Hall–Kier alpha value is -3.36. The number of rotatable bonds is 5. The fourth-order valence-corrected chi connectivity index (χ4v) is 6.03. The molecule has 1 aromatic carbocycles. The number of carbonyl (C=O) groups excluding carboxylic acids is 2. The van der Waals surface area contributed by atoms with Crippen molar-refractivity contribution in [3.05, 3.63) is 53.4 Å². The summed E-state index contributed by atoms with van der Waals surface area (Å²) in [5.41, 5.74) is -2.80. The summed E-state index contributed by atoms with van der Waals surface area (Å²) < 4.78 is 87.2. The molecule has 2 aromatic rings. The van der Waals surface area contributed by atoms with Crippen LogP contribution >= 0.6 is 0 Å². The van der Waals surface area contributed by atoms with E-state index < -0.39 is 53.0 Å². The normalized spacial score (nSPS) is 29.8. The lowest BCUT2D eigenvalue weighted by molar-refractivity contribution is -0.272. The lowest BCUT2D eigenvalue weighted by atomic mass is 9.77. The highest BCUT2D eigenvalue weighted by Gasteiger charge is 2.66.